The number of aryl methyl sites for hydroxylation is 1. The predicted molar refractivity (Wildman–Crippen MR) is 61.9 cm³/mol. The van der Waals surface area contributed by atoms with Crippen LogP contribution < -0.4 is 5.56 Å². The molecule has 0 amide bonds. The first-order chi connectivity index (χ1) is 8.06. The van der Waals surface area contributed by atoms with Crippen molar-refractivity contribution in [3.05, 3.63) is 28.4 Å². The molecule has 1 aliphatic rings. The molecule has 1 N–H and O–H groups in total. The van der Waals surface area contributed by atoms with Gasteiger partial charge in [-0.15, -0.1) is 0 Å². The molecule has 0 saturated heterocycles. The van der Waals surface area contributed by atoms with Gasteiger partial charge in [-0.05, 0) is 19.8 Å². The Morgan fingerprint density at radius 3 is 2.59 bits per heavy atom. The van der Waals surface area contributed by atoms with E-state index < -0.39 is 11.5 Å². The summed E-state index contributed by atoms with van der Waals surface area (Å²) in [6, 6.07) is 1.39. The Morgan fingerprint density at radius 1 is 1.41 bits per heavy atom. The number of nitrogens with zero attached hydrogens (tertiary/aromatic N) is 2. The zero-order valence-corrected chi connectivity index (χ0v) is 9.85. The summed E-state index contributed by atoms with van der Waals surface area (Å²) in [5, 5.41) is 9.45. The van der Waals surface area contributed by atoms with Crippen LogP contribution in [0.4, 0.5) is 0 Å². The Balaban J connectivity index is 2.53. The molecule has 1 fully saturated rings. The van der Waals surface area contributed by atoms with Gasteiger partial charge in [0.15, 0.2) is 0 Å². The average Bonchev–Trinajstić information content (AvgIpc) is 2.29. The van der Waals surface area contributed by atoms with Crippen LogP contribution in [-0.4, -0.2) is 20.6 Å². The Bertz CT molecular complexity index is 487. The Hall–Kier alpha value is -1.65. The molecule has 92 valence electrons. The van der Waals surface area contributed by atoms with E-state index >= 15 is 0 Å². The molecule has 5 heteroatoms. The molecular formula is C12H16N2O3. The summed E-state index contributed by atoms with van der Waals surface area (Å²) in [5.41, 5.74) is -0.750. The molecule has 1 heterocycles. The molecule has 1 aromatic rings. The van der Waals surface area contributed by atoms with Crippen LogP contribution in [-0.2, 0) is 10.3 Å². The molecule has 17 heavy (non-hydrogen) atoms. The number of rotatable bonds is 2. The molecule has 2 rings (SSSR count). The zero-order chi connectivity index (χ0) is 12.5. The first-order valence-corrected chi connectivity index (χ1v) is 5.85. The van der Waals surface area contributed by atoms with Crippen molar-refractivity contribution < 1.29 is 9.90 Å². The molecule has 1 aromatic heterocycles. The van der Waals surface area contributed by atoms with Crippen LogP contribution in [0.2, 0.25) is 0 Å². The molecule has 0 atom stereocenters. The van der Waals surface area contributed by atoms with Gasteiger partial charge < -0.3 is 5.11 Å². The summed E-state index contributed by atoms with van der Waals surface area (Å²) in [6.45, 7) is 1.72. The van der Waals surface area contributed by atoms with E-state index in [1.165, 1.54) is 17.0 Å². The quantitative estimate of drug-likeness (QED) is 0.840. The van der Waals surface area contributed by atoms with Gasteiger partial charge in [-0.1, -0.05) is 19.3 Å². The number of hydrogen-bond donors (Lipinski definition) is 1. The number of carboxylic acid groups (broad SMARTS) is 1. The van der Waals surface area contributed by atoms with Crippen molar-refractivity contribution in [2.24, 2.45) is 0 Å². The lowest BCUT2D eigenvalue weighted by Crippen LogP contribution is -2.48. The van der Waals surface area contributed by atoms with Crippen LogP contribution in [0.3, 0.4) is 0 Å². The second-order valence-corrected chi connectivity index (χ2v) is 4.64. The number of aliphatic carboxylic acids is 1. The van der Waals surface area contributed by atoms with Gasteiger partial charge >= 0.3 is 5.97 Å². The van der Waals surface area contributed by atoms with E-state index in [2.05, 4.69) is 4.98 Å². The zero-order valence-electron chi connectivity index (χ0n) is 9.85. The largest absolute Gasteiger partial charge is 0.479 e. The van der Waals surface area contributed by atoms with Gasteiger partial charge in [0.25, 0.3) is 5.56 Å². The van der Waals surface area contributed by atoms with Gasteiger partial charge in [0.2, 0.25) is 0 Å². The summed E-state index contributed by atoms with van der Waals surface area (Å²) in [5.74, 6) is -0.926. The van der Waals surface area contributed by atoms with Crippen molar-refractivity contribution >= 4 is 5.97 Å². The van der Waals surface area contributed by atoms with Crippen LogP contribution in [0.15, 0.2) is 17.2 Å². The third-order valence-corrected chi connectivity index (χ3v) is 3.49. The summed E-state index contributed by atoms with van der Waals surface area (Å²) in [6.07, 6.45) is 5.10. The minimum atomic E-state index is -1.09. The standard InChI is InChI=1S/C12H16N2O3/c1-9-7-10(15)14(8-13-9)12(11(16)17)5-3-2-4-6-12/h7-8H,2-6H2,1H3,(H,16,17). The molecule has 0 spiro atoms. The van der Waals surface area contributed by atoms with Crippen molar-refractivity contribution in [2.45, 2.75) is 44.6 Å². The molecule has 1 aliphatic carbocycles. The molecular weight excluding hydrogens is 220 g/mol. The minimum Gasteiger partial charge on any atom is -0.479 e. The van der Waals surface area contributed by atoms with Crippen molar-refractivity contribution in [1.82, 2.24) is 9.55 Å². The highest BCUT2D eigenvalue weighted by Gasteiger charge is 2.42. The van der Waals surface area contributed by atoms with Gasteiger partial charge in [0.05, 0.1) is 6.33 Å². The monoisotopic (exact) mass is 236 g/mol. The molecule has 0 aromatic carbocycles. The Morgan fingerprint density at radius 2 is 2.06 bits per heavy atom. The highest BCUT2D eigenvalue weighted by atomic mass is 16.4. The summed E-state index contributed by atoms with van der Waals surface area (Å²) in [4.78, 5) is 27.5. The van der Waals surface area contributed by atoms with E-state index in [9.17, 15) is 14.7 Å². The molecule has 0 aliphatic heterocycles. The lowest BCUT2D eigenvalue weighted by molar-refractivity contribution is -0.149. The molecule has 0 unspecified atom stereocenters. The van der Waals surface area contributed by atoms with E-state index in [-0.39, 0.29) is 5.56 Å². The van der Waals surface area contributed by atoms with Crippen molar-refractivity contribution in [1.29, 1.82) is 0 Å². The maximum Gasteiger partial charge on any atom is 0.330 e. The summed E-state index contributed by atoms with van der Waals surface area (Å²) >= 11 is 0. The van der Waals surface area contributed by atoms with Crippen LogP contribution in [0.1, 0.15) is 37.8 Å². The number of aromatic nitrogens is 2. The van der Waals surface area contributed by atoms with Crippen molar-refractivity contribution in [3.63, 3.8) is 0 Å². The second kappa shape index (κ2) is 4.31. The van der Waals surface area contributed by atoms with E-state index in [4.69, 9.17) is 0 Å². The number of carbonyl (C=O) groups is 1. The smallest absolute Gasteiger partial charge is 0.330 e. The van der Waals surface area contributed by atoms with E-state index in [1.807, 2.05) is 0 Å². The maximum atomic E-state index is 11.9. The van der Waals surface area contributed by atoms with Gasteiger partial charge in [0, 0.05) is 11.8 Å². The third-order valence-electron chi connectivity index (χ3n) is 3.49. The minimum absolute atomic E-state index is 0.276. The van der Waals surface area contributed by atoms with Crippen LogP contribution in [0.25, 0.3) is 0 Å². The Labute approximate surface area is 99.1 Å². The lowest BCUT2D eigenvalue weighted by Gasteiger charge is -2.34. The van der Waals surface area contributed by atoms with Gasteiger partial charge in [-0.3, -0.25) is 9.36 Å². The molecule has 5 nitrogen and oxygen atoms in total. The van der Waals surface area contributed by atoms with Gasteiger partial charge in [0.1, 0.15) is 5.54 Å². The fourth-order valence-corrected chi connectivity index (χ4v) is 2.51. The van der Waals surface area contributed by atoms with E-state index in [0.29, 0.717) is 18.5 Å². The van der Waals surface area contributed by atoms with Crippen LogP contribution in [0, 0.1) is 6.92 Å². The first kappa shape index (κ1) is 11.8. The van der Waals surface area contributed by atoms with Crippen molar-refractivity contribution in [2.75, 3.05) is 0 Å². The Kier molecular flexibility index (Phi) is 3.00. The van der Waals surface area contributed by atoms with Crippen LogP contribution >= 0.6 is 0 Å². The fourth-order valence-electron chi connectivity index (χ4n) is 2.51. The highest BCUT2D eigenvalue weighted by Crippen LogP contribution is 2.34. The fraction of sp³-hybridized carbons (Fsp3) is 0.583. The molecule has 1 saturated carbocycles. The predicted octanol–water partition coefficient (Wildman–Crippen LogP) is 1.30. The average molecular weight is 236 g/mol. The first-order valence-electron chi connectivity index (χ1n) is 5.85. The molecule has 0 radical (unpaired) electrons. The van der Waals surface area contributed by atoms with Crippen molar-refractivity contribution in [3.8, 4) is 0 Å². The number of hydrogen-bond acceptors (Lipinski definition) is 3. The summed E-state index contributed by atoms with van der Waals surface area (Å²) < 4.78 is 1.29. The SMILES string of the molecule is Cc1cc(=O)n(C2(C(=O)O)CCCCC2)cn1. The van der Waals surface area contributed by atoms with Gasteiger partial charge in [-0.2, -0.15) is 0 Å². The highest BCUT2D eigenvalue weighted by molar-refractivity contribution is 5.76. The molecule has 0 bridgehead atoms. The van der Waals surface area contributed by atoms with Gasteiger partial charge in [-0.25, -0.2) is 9.78 Å². The third kappa shape index (κ3) is 1.97. The normalized spacial score (nSPS) is 18.9. The summed E-state index contributed by atoms with van der Waals surface area (Å²) in [7, 11) is 0. The number of carboxylic acids is 1. The maximum absolute atomic E-state index is 11.9. The van der Waals surface area contributed by atoms with E-state index in [1.54, 1.807) is 6.92 Å². The van der Waals surface area contributed by atoms with Crippen LogP contribution in [0.5, 0.6) is 0 Å². The van der Waals surface area contributed by atoms with E-state index in [0.717, 1.165) is 19.3 Å². The second-order valence-electron chi connectivity index (χ2n) is 4.64. The topological polar surface area (TPSA) is 72.2 Å². The lowest BCUT2D eigenvalue weighted by atomic mass is 9.81.